The number of nitrogens with two attached hydrogens (primary N) is 1. The summed E-state index contributed by atoms with van der Waals surface area (Å²) in [6.45, 7) is 7.68. The molecule has 1 heterocycles. The highest BCUT2D eigenvalue weighted by atomic mass is 79.9. The van der Waals surface area contributed by atoms with Crippen LogP contribution in [0.2, 0.25) is 0 Å². The van der Waals surface area contributed by atoms with E-state index in [-0.39, 0.29) is 17.7 Å². The van der Waals surface area contributed by atoms with Crippen molar-refractivity contribution < 1.29 is 9.59 Å². The second kappa shape index (κ2) is 9.37. The molecule has 5 nitrogen and oxygen atoms in total. The molecule has 1 aromatic heterocycles. The molecule has 7 heteroatoms. The van der Waals surface area contributed by atoms with Gasteiger partial charge in [-0.3, -0.25) is 9.59 Å². The molecular weight excluding hydrogens is 426 g/mol. The molecule has 0 aliphatic heterocycles. The van der Waals surface area contributed by atoms with Crippen molar-refractivity contribution in [1.29, 1.82) is 0 Å². The lowest BCUT2D eigenvalue weighted by Crippen LogP contribution is -2.29. The Kier molecular flexibility index (Phi) is 7.44. The van der Waals surface area contributed by atoms with Gasteiger partial charge in [-0.05, 0) is 56.0 Å². The van der Waals surface area contributed by atoms with Crippen LogP contribution in [-0.4, -0.2) is 22.6 Å². The van der Waals surface area contributed by atoms with Crippen LogP contribution in [-0.2, 0) is 4.79 Å². The summed E-state index contributed by atoms with van der Waals surface area (Å²) < 4.78 is 0.998. The Bertz CT molecular complexity index is 853. The molecule has 0 spiro atoms. The van der Waals surface area contributed by atoms with Crippen LogP contribution >= 0.6 is 27.7 Å². The monoisotopic (exact) mass is 449 g/mol. The van der Waals surface area contributed by atoms with Crippen molar-refractivity contribution in [3.63, 3.8) is 0 Å². The lowest BCUT2D eigenvalue weighted by molar-refractivity contribution is -0.119. The summed E-state index contributed by atoms with van der Waals surface area (Å²) in [7, 11) is 0. The van der Waals surface area contributed by atoms with Gasteiger partial charge in [0.05, 0.1) is 17.4 Å². The highest BCUT2D eigenvalue weighted by molar-refractivity contribution is 9.10. The zero-order valence-electron chi connectivity index (χ0n) is 15.9. The van der Waals surface area contributed by atoms with Crippen molar-refractivity contribution in [2.24, 2.45) is 5.73 Å². The smallest absolute Gasteiger partial charge is 0.251 e. The summed E-state index contributed by atoms with van der Waals surface area (Å²) in [5, 5.41) is 3.55. The van der Waals surface area contributed by atoms with E-state index in [9.17, 15) is 9.59 Å². The molecule has 0 saturated heterocycles. The molecule has 1 atom stereocenters. The minimum absolute atomic E-state index is 0.0590. The summed E-state index contributed by atoms with van der Waals surface area (Å²) >= 11 is 4.66. The number of hydrogen-bond donors (Lipinski definition) is 2. The van der Waals surface area contributed by atoms with Gasteiger partial charge in [-0.1, -0.05) is 46.7 Å². The fourth-order valence-corrected chi connectivity index (χ4v) is 4.01. The molecule has 0 fully saturated rings. The fourth-order valence-electron chi connectivity index (χ4n) is 2.79. The summed E-state index contributed by atoms with van der Waals surface area (Å²) in [6, 6.07) is 7.84. The normalized spacial score (nSPS) is 11.9. The van der Waals surface area contributed by atoms with Gasteiger partial charge in [-0.15, -0.1) is 0 Å². The molecule has 3 N–H and O–H groups in total. The van der Waals surface area contributed by atoms with Crippen LogP contribution in [0, 0.1) is 20.8 Å². The summed E-state index contributed by atoms with van der Waals surface area (Å²) in [4.78, 5) is 28.8. The van der Waals surface area contributed by atoms with Gasteiger partial charge in [0.2, 0.25) is 5.91 Å². The summed E-state index contributed by atoms with van der Waals surface area (Å²) in [5.74, 6) is -0.461. The number of aromatic nitrogens is 1. The highest BCUT2D eigenvalue weighted by Gasteiger charge is 2.19. The van der Waals surface area contributed by atoms with Gasteiger partial charge in [0.1, 0.15) is 5.03 Å². The number of carbonyl (C=O) groups excluding carboxylic acids is 2. The largest absolute Gasteiger partial charge is 0.366 e. The lowest BCUT2D eigenvalue weighted by atomic mass is 10.0. The number of rotatable bonds is 7. The maximum atomic E-state index is 12.5. The molecule has 2 rings (SSSR count). The van der Waals surface area contributed by atoms with Gasteiger partial charge in [0.15, 0.2) is 0 Å². The third-order valence-electron chi connectivity index (χ3n) is 4.57. The molecule has 144 valence electrons. The number of nitrogens with one attached hydrogen (secondary N) is 1. The Morgan fingerprint density at radius 3 is 2.37 bits per heavy atom. The number of carbonyl (C=O) groups is 2. The van der Waals surface area contributed by atoms with Crippen LogP contribution in [0.3, 0.4) is 0 Å². The van der Waals surface area contributed by atoms with Gasteiger partial charge >= 0.3 is 0 Å². The molecule has 0 bridgehead atoms. The van der Waals surface area contributed by atoms with Crippen LogP contribution in [0.5, 0.6) is 0 Å². The van der Waals surface area contributed by atoms with E-state index >= 15 is 0 Å². The lowest BCUT2D eigenvalue weighted by Gasteiger charge is -2.18. The third kappa shape index (κ3) is 5.32. The number of primary amides is 1. The van der Waals surface area contributed by atoms with Crippen molar-refractivity contribution in [3.8, 4) is 0 Å². The predicted molar refractivity (Wildman–Crippen MR) is 113 cm³/mol. The average molecular weight is 450 g/mol. The maximum absolute atomic E-state index is 12.5. The Morgan fingerprint density at radius 2 is 1.81 bits per heavy atom. The van der Waals surface area contributed by atoms with Gasteiger partial charge in [0.25, 0.3) is 5.91 Å². The standard InChI is InChI=1S/C20H24BrN3O2S/c1-5-16(14-6-8-15(21)9-7-14)24-17(25)10-27-20-18(19(22)26)12(3)11(2)13(4)23-20/h6-9,16H,5,10H2,1-4H3,(H2,22,26)(H,24,25). The maximum Gasteiger partial charge on any atom is 0.251 e. The van der Waals surface area contributed by atoms with E-state index in [0.717, 1.165) is 33.3 Å². The van der Waals surface area contributed by atoms with Gasteiger partial charge in [-0.25, -0.2) is 4.98 Å². The zero-order chi connectivity index (χ0) is 20.1. The molecule has 2 amide bonds. The number of aryl methyl sites for hydroxylation is 1. The van der Waals surface area contributed by atoms with Crippen molar-refractivity contribution in [2.75, 3.05) is 5.75 Å². The fraction of sp³-hybridized carbons (Fsp3) is 0.350. The van der Waals surface area contributed by atoms with Gasteiger partial charge in [-0.2, -0.15) is 0 Å². The van der Waals surface area contributed by atoms with E-state index in [0.29, 0.717) is 10.6 Å². The van der Waals surface area contributed by atoms with Crippen LogP contribution < -0.4 is 11.1 Å². The Labute approximate surface area is 172 Å². The number of benzene rings is 1. The summed E-state index contributed by atoms with van der Waals surface area (Å²) in [6.07, 6.45) is 0.783. The molecule has 27 heavy (non-hydrogen) atoms. The van der Waals surface area contributed by atoms with E-state index in [1.165, 1.54) is 11.8 Å². The second-order valence-corrected chi connectivity index (χ2v) is 8.24. The average Bonchev–Trinajstić information content (AvgIpc) is 2.62. The molecular formula is C20H24BrN3O2S. The number of amides is 2. The molecule has 2 aromatic rings. The van der Waals surface area contributed by atoms with E-state index in [4.69, 9.17) is 5.73 Å². The number of thioether (sulfide) groups is 1. The van der Waals surface area contributed by atoms with E-state index in [2.05, 4.69) is 26.2 Å². The first-order valence-corrected chi connectivity index (χ1v) is 10.5. The van der Waals surface area contributed by atoms with E-state index in [1.807, 2.05) is 52.0 Å². The molecule has 0 radical (unpaired) electrons. The van der Waals surface area contributed by atoms with Gasteiger partial charge in [0, 0.05) is 10.2 Å². The Balaban J connectivity index is 2.11. The second-order valence-electron chi connectivity index (χ2n) is 6.36. The number of halogens is 1. The minimum atomic E-state index is -0.521. The first-order valence-electron chi connectivity index (χ1n) is 8.69. The number of hydrogen-bond acceptors (Lipinski definition) is 4. The van der Waals surface area contributed by atoms with Crippen molar-refractivity contribution in [1.82, 2.24) is 10.3 Å². The zero-order valence-corrected chi connectivity index (χ0v) is 18.3. The molecule has 0 aliphatic rings. The number of pyridine rings is 1. The van der Waals surface area contributed by atoms with E-state index < -0.39 is 5.91 Å². The van der Waals surface area contributed by atoms with Crippen molar-refractivity contribution >= 4 is 39.5 Å². The SMILES string of the molecule is CCC(NC(=O)CSc1nc(C)c(C)c(C)c1C(N)=O)c1ccc(Br)cc1. The Hall–Kier alpha value is -1.86. The number of nitrogens with zero attached hydrogens (tertiary/aromatic N) is 1. The first-order chi connectivity index (χ1) is 12.7. The Morgan fingerprint density at radius 1 is 1.19 bits per heavy atom. The first kappa shape index (κ1) is 21.4. The molecule has 0 aliphatic carbocycles. The quantitative estimate of drug-likeness (QED) is 0.619. The van der Waals surface area contributed by atoms with E-state index in [1.54, 1.807) is 0 Å². The highest BCUT2D eigenvalue weighted by Crippen LogP contribution is 2.27. The molecule has 1 aromatic carbocycles. The van der Waals surface area contributed by atoms with Crippen molar-refractivity contribution in [2.45, 2.75) is 45.2 Å². The van der Waals surface area contributed by atoms with Crippen molar-refractivity contribution in [3.05, 3.63) is 56.7 Å². The predicted octanol–water partition coefficient (Wildman–Crippen LogP) is 4.23. The minimum Gasteiger partial charge on any atom is -0.366 e. The van der Waals surface area contributed by atoms with Gasteiger partial charge < -0.3 is 11.1 Å². The van der Waals surface area contributed by atoms with Crippen LogP contribution in [0.15, 0.2) is 33.8 Å². The topological polar surface area (TPSA) is 85.1 Å². The van der Waals surface area contributed by atoms with Crippen LogP contribution in [0.25, 0.3) is 0 Å². The summed E-state index contributed by atoms with van der Waals surface area (Å²) in [5.41, 5.74) is 9.58. The van der Waals surface area contributed by atoms with Crippen LogP contribution in [0.1, 0.15) is 52.1 Å². The molecule has 0 saturated carbocycles. The molecule has 1 unspecified atom stereocenters. The van der Waals surface area contributed by atoms with Crippen LogP contribution in [0.4, 0.5) is 0 Å². The third-order valence-corrected chi connectivity index (χ3v) is 6.07.